The first kappa shape index (κ1) is 19.0. The molecule has 2 amide bonds. The molecule has 0 atom stereocenters. The fraction of sp³-hybridized carbons (Fsp3) is 0.250. The minimum absolute atomic E-state index is 0.125. The lowest BCUT2D eigenvalue weighted by atomic mass is 10.1. The Morgan fingerprint density at radius 2 is 2.03 bits per heavy atom. The highest BCUT2D eigenvalue weighted by Crippen LogP contribution is 2.21. The zero-order chi connectivity index (χ0) is 20.2. The molecule has 0 saturated carbocycles. The molecule has 0 unspecified atom stereocenters. The Balaban J connectivity index is 1.34. The maximum Gasteiger partial charge on any atom is 0.338 e. The number of rotatable bonds is 6. The first-order valence-corrected chi connectivity index (χ1v) is 9.88. The summed E-state index contributed by atoms with van der Waals surface area (Å²) in [6.07, 6.45) is 1.43. The molecule has 0 radical (unpaired) electrons. The standard InChI is InChI=1S/C20H18N4O4S/c25-17(21-15-6-2-7-16-19(15)23-29-22-16)12-28-20(27)14-5-1-4-13(10-14)11-24-9-3-8-18(24)26/h1-2,4-7,10H,3,8-9,11-12H2,(H,21,25). The summed E-state index contributed by atoms with van der Waals surface area (Å²) in [5, 5.41) is 2.69. The molecular formula is C20H18N4O4S. The number of amides is 2. The van der Waals surface area contributed by atoms with E-state index >= 15 is 0 Å². The van der Waals surface area contributed by atoms with E-state index in [9.17, 15) is 14.4 Å². The third-order valence-electron chi connectivity index (χ3n) is 4.60. The number of esters is 1. The van der Waals surface area contributed by atoms with Gasteiger partial charge in [-0.15, -0.1) is 0 Å². The molecule has 0 bridgehead atoms. The molecule has 8 nitrogen and oxygen atoms in total. The van der Waals surface area contributed by atoms with Gasteiger partial charge < -0.3 is 15.0 Å². The lowest BCUT2D eigenvalue weighted by Gasteiger charge is -2.15. The third-order valence-corrected chi connectivity index (χ3v) is 5.14. The summed E-state index contributed by atoms with van der Waals surface area (Å²) in [4.78, 5) is 38.0. The number of ether oxygens (including phenoxy) is 1. The van der Waals surface area contributed by atoms with E-state index in [1.165, 1.54) is 0 Å². The minimum atomic E-state index is -0.594. The number of anilines is 1. The molecule has 3 aromatic rings. The number of carbonyl (C=O) groups excluding carboxylic acids is 3. The topological polar surface area (TPSA) is 101 Å². The first-order chi connectivity index (χ1) is 14.1. The number of hydrogen-bond donors (Lipinski definition) is 1. The van der Waals surface area contributed by atoms with Crippen LogP contribution in [0.2, 0.25) is 0 Å². The smallest absolute Gasteiger partial charge is 0.338 e. The summed E-state index contributed by atoms with van der Waals surface area (Å²) in [6, 6.07) is 12.2. The molecule has 1 N–H and O–H groups in total. The van der Waals surface area contributed by atoms with Gasteiger partial charge in [0.1, 0.15) is 11.0 Å². The van der Waals surface area contributed by atoms with Crippen LogP contribution >= 0.6 is 11.7 Å². The van der Waals surface area contributed by atoms with Gasteiger partial charge in [-0.2, -0.15) is 8.75 Å². The van der Waals surface area contributed by atoms with Gasteiger partial charge in [-0.05, 0) is 36.2 Å². The van der Waals surface area contributed by atoms with E-state index in [1.54, 1.807) is 41.3 Å². The van der Waals surface area contributed by atoms with Gasteiger partial charge in [0, 0.05) is 19.5 Å². The van der Waals surface area contributed by atoms with E-state index in [1.807, 2.05) is 6.07 Å². The van der Waals surface area contributed by atoms with Gasteiger partial charge in [0.15, 0.2) is 6.61 Å². The Hall–Kier alpha value is -3.33. The van der Waals surface area contributed by atoms with E-state index in [-0.39, 0.29) is 5.91 Å². The van der Waals surface area contributed by atoms with Crippen molar-refractivity contribution in [3.05, 3.63) is 53.6 Å². The van der Waals surface area contributed by atoms with E-state index in [0.29, 0.717) is 35.2 Å². The molecule has 1 aliphatic heterocycles. The lowest BCUT2D eigenvalue weighted by molar-refractivity contribution is -0.128. The number of hydrogen-bond acceptors (Lipinski definition) is 7. The average molecular weight is 410 g/mol. The number of benzene rings is 2. The van der Waals surface area contributed by atoms with Crippen molar-refractivity contribution in [2.75, 3.05) is 18.5 Å². The normalized spacial score (nSPS) is 13.7. The van der Waals surface area contributed by atoms with Crippen molar-refractivity contribution < 1.29 is 19.1 Å². The molecular weight excluding hydrogens is 392 g/mol. The SMILES string of the molecule is O=C(COC(=O)c1cccc(CN2CCCC2=O)c1)Nc1cccc2nsnc12. The van der Waals surface area contributed by atoms with Crippen molar-refractivity contribution in [2.45, 2.75) is 19.4 Å². The van der Waals surface area contributed by atoms with Crippen molar-refractivity contribution in [3.63, 3.8) is 0 Å². The second-order valence-electron chi connectivity index (χ2n) is 6.68. The summed E-state index contributed by atoms with van der Waals surface area (Å²) in [5.41, 5.74) is 3.00. The van der Waals surface area contributed by atoms with Crippen molar-refractivity contribution in [1.82, 2.24) is 13.6 Å². The Labute approximate surface area is 170 Å². The second-order valence-corrected chi connectivity index (χ2v) is 7.21. The molecule has 1 aromatic heterocycles. The quantitative estimate of drug-likeness (QED) is 0.627. The van der Waals surface area contributed by atoms with Crippen molar-refractivity contribution in [3.8, 4) is 0 Å². The van der Waals surface area contributed by atoms with Gasteiger partial charge in [-0.1, -0.05) is 18.2 Å². The molecule has 0 aliphatic carbocycles. The summed E-state index contributed by atoms with van der Waals surface area (Å²) in [7, 11) is 0. The molecule has 2 aromatic carbocycles. The van der Waals surface area contributed by atoms with E-state index in [2.05, 4.69) is 14.1 Å². The summed E-state index contributed by atoms with van der Waals surface area (Å²) < 4.78 is 13.4. The Kier molecular flexibility index (Phi) is 5.48. The fourth-order valence-electron chi connectivity index (χ4n) is 3.20. The van der Waals surface area contributed by atoms with Crippen LogP contribution in [0.1, 0.15) is 28.8 Å². The van der Waals surface area contributed by atoms with Crippen LogP contribution in [0.3, 0.4) is 0 Å². The highest BCUT2D eigenvalue weighted by atomic mass is 32.1. The molecule has 4 rings (SSSR count). The van der Waals surface area contributed by atoms with Crippen molar-refractivity contribution >= 4 is 46.2 Å². The molecule has 1 saturated heterocycles. The summed E-state index contributed by atoms with van der Waals surface area (Å²) in [5.74, 6) is -0.930. The maximum atomic E-state index is 12.3. The molecule has 9 heteroatoms. The van der Waals surface area contributed by atoms with Gasteiger partial charge >= 0.3 is 5.97 Å². The van der Waals surface area contributed by atoms with E-state index in [0.717, 1.165) is 30.3 Å². The minimum Gasteiger partial charge on any atom is -0.452 e. The highest BCUT2D eigenvalue weighted by molar-refractivity contribution is 7.00. The predicted octanol–water partition coefficient (Wildman–Crippen LogP) is 2.61. The van der Waals surface area contributed by atoms with Crippen LogP contribution in [0.5, 0.6) is 0 Å². The van der Waals surface area contributed by atoms with Crippen LogP contribution in [0.4, 0.5) is 5.69 Å². The van der Waals surface area contributed by atoms with Crippen molar-refractivity contribution in [2.24, 2.45) is 0 Å². The number of aromatic nitrogens is 2. The molecule has 1 fully saturated rings. The van der Waals surface area contributed by atoms with Gasteiger partial charge in [-0.25, -0.2) is 4.79 Å². The largest absolute Gasteiger partial charge is 0.452 e. The third kappa shape index (κ3) is 4.40. The molecule has 148 valence electrons. The van der Waals surface area contributed by atoms with Crippen LogP contribution in [-0.2, 0) is 20.9 Å². The second kappa shape index (κ2) is 8.36. The van der Waals surface area contributed by atoms with Gasteiger partial charge in [0.25, 0.3) is 5.91 Å². The van der Waals surface area contributed by atoms with Gasteiger partial charge in [0.2, 0.25) is 5.91 Å². The Bertz CT molecular complexity index is 1080. The number of likely N-dealkylation sites (tertiary alicyclic amines) is 1. The molecule has 1 aliphatic rings. The number of carbonyl (C=O) groups is 3. The zero-order valence-electron chi connectivity index (χ0n) is 15.5. The summed E-state index contributed by atoms with van der Waals surface area (Å²) in [6.45, 7) is 0.780. The number of nitrogens with one attached hydrogen (secondary N) is 1. The van der Waals surface area contributed by atoms with Gasteiger partial charge in [0.05, 0.1) is 23.0 Å². The van der Waals surface area contributed by atoms with Crippen LogP contribution in [-0.4, -0.2) is 44.6 Å². The monoisotopic (exact) mass is 410 g/mol. The van der Waals surface area contributed by atoms with E-state index in [4.69, 9.17) is 4.74 Å². The zero-order valence-corrected chi connectivity index (χ0v) is 16.3. The van der Waals surface area contributed by atoms with Crippen LogP contribution in [0.25, 0.3) is 11.0 Å². The molecule has 2 heterocycles. The highest BCUT2D eigenvalue weighted by Gasteiger charge is 2.20. The Morgan fingerprint density at radius 3 is 2.86 bits per heavy atom. The molecule has 29 heavy (non-hydrogen) atoms. The predicted molar refractivity (Wildman–Crippen MR) is 107 cm³/mol. The first-order valence-electron chi connectivity index (χ1n) is 9.15. The van der Waals surface area contributed by atoms with Gasteiger partial charge in [-0.3, -0.25) is 9.59 Å². The number of nitrogens with zero attached hydrogens (tertiary/aromatic N) is 3. The van der Waals surface area contributed by atoms with E-state index < -0.39 is 18.5 Å². The Morgan fingerprint density at radius 1 is 1.17 bits per heavy atom. The van der Waals surface area contributed by atoms with Crippen LogP contribution < -0.4 is 5.32 Å². The van der Waals surface area contributed by atoms with Crippen LogP contribution in [0.15, 0.2) is 42.5 Å². The summed E-state index contributed by atoms with van der Waals surface area (Å²) >= 11 is 1.06. The maximum absolute atomic E-state index is 12.3. The lowest BCUT2D eigenvalue weighted by Crippen LogP contribution is -2.24. The fourth-order valence-corrected chi connectivity index (χ4v) is 3.75. The molecule has 0 spiro atoms. The average Bonchev–Trinajstić information content (AvgIpc) is 3.36. The number of fused-ring (bicyclic) bond motifs is 1. The van der Waals surface area contributed by atoms with Crippen LogP contribution in [0, 0.1) is 0 Å². The van der Waals surface area contributed by atoms with Crippen molar-refractivity contribution in [1.29, 1.82) is 0 Å².